The van der Waals surface area contributed by atoms with Gasteiger partial charge in [0.2, 0.25) is 5.91 Å². The average Bonchev–Trinajstić information content (AvgIpc) is 3.06. The zero-order valence-electron chi connectivity index (χ0n) is 30.9. The predicted octanol–water partition coefficient (Wildman–Crippen LogP) is 9.90. The molecule has 0 spiro atoms. The summed E-state index contributed by atoms with van der Waals surface area (Å²) in [6.45, 7) is 12.0. The van der Waals surface area contributed by atoms with Crippen LogP contribution < -0.4 is 10.6 Å². The smallest absolute Gasteiger partial charge is 0.305 e. The van der Waals surface area contributed by atoms with Crippen LogP contribution in [0.1, 0.15) is 181 Å². The third kappa shape index (κ3) is 26.6. The molecule has 1 heterocycles. The van der Waals surface area contributed by atoms with Crippen molar-refractivity contribution in [2.45, 2.75) is 187 Å². The molecule has 0 bridgehead atoms. The lowest BCUT2D eigenvalue weighted by Crippen LogP contribution is -2.47. The summed E-state index contributed by atoms with van der Waals surface area (Å²) in [6.07, 6.45) is 34.5. The van der Waals surface area contributed by atoms with Gasteiger partial charge in [-0.15, -0.1) is 0 Å². The van der Waals surface area contributed by atoms with Gasteiger partial charge < -0.3 is 20.3 Å². The Bertz CT molecular complexity index is 723. The van der Waals surface area contributed by atoms with Crippen LogP contribution in [0.2, 0.25) is 0 Å². The highest BCUT2D eigenvalue weighted by atomic mass is 16.5. The van der Waals surface area contributed by atoms with Gasteiger partial charge in [-0.2, -0.15) is 0 Å². The minimum atomic E-state index is -0.226. The molecular weight excluding hydrogens is 570 g/mol. The first-order valence-electron chi connectivity index (χ1n) is 20.1. The first-order chi connectivity index (χ1) is 22.6. The summed E-state index contributed by atoms with van der Waals surface area (Å²) < 4.78 is 5.53. The zero-order valence-corrected chi connectivity index (χ0v) is 30.9. The Balaban J connectivity index is 2.18. The standard InChI is InChI=1S/C40H77N3O3/c1-4-6-8-9-10-11-12-13-14-15-16-17-18-19-20-23-31-42-40(45)38(41-32-35-43-33-24-21-25-34-43)28-26-36-46-39(44)30-29-37(3)27-22-7-5-2/h13-14,37-38,41H,4-12,15-36H2,1-3H3,(H,42,45)/b14-13-. The van der Waals surface area contributed by atoms with Crippen LogP contribution in [0, 0.1) is 5.92 Å². The van der Waals surface area contributed by atoms with Crippen LogP contribution in [0.5, 0.6) is 0 Å². The van der Waals surface area contributed by atoms with E-state index in [1.807, 2.05) is 0 Å². The quantitative estimate of drug-likeness (QED) is 0.0432. The number of hydrogen-bond acceptors (Lipinski definition) is 5. The van der Waals surface area contributed by atoms with Crippen molar-refractivity contribution >= 4 is 11.9 Å². The molecule has 2 unspecified atom stereocenters. The fourth-order valence-electron chi connectivity index (χ4n) is 6.41. The highest BCUT2D eigenvalue weighted by Gasteiger charge is 2.18. The number of amides is 1. The summed E-state index contributed by atoms with van der Waals surface area (Å²) in [6, 6.07) is -0.226. The van der Waals surface area contributed by atoms with E-state index in [2.05, 4.69) is 48.5 Å². The molecule has 6 heteroatoms. The van der Waals surface area contributed by atoms with Crippen molar-refractivity contribution in [2.24, 2.45) is 5.92 Å². The first-order valence-corrected chi connectivity index (χ1v) is 20.1. The van der Waals surface area contributed by atoms with Gasteiger partial charge in [0.15, 0.2) is 0 Å². The van der Waals surface area contributed by atoms with E-state index in [1.54, 1.807) is 0 Å². The molecule has 1 aliphatic rings. The molecule has 1 rings (SSSR count). The molecule has 0 aliphatic carbocycles. The summed E-state index contributed by atoms with van der Waals surface area (Å²) in [5.74, 6) is 0.572. The van der Waals surface area contributed by atoms with Crippen molar-refractivity contribution in [3.63, 3.8) is 0 Å². The molecule has 2 atom stereocenters. The molecule has 2 N–H and O–H groups in total. The molecule has 6 nitrogen and oxygen atoms in total. The molecule has 0 aromatic heterocycles. The fourth-order valence-corrected chi connectivity index (χ4v) is 6.41. The molecule has 1 amide bonds. The number of rotatable bonds is 32. The number of allylic oxidation sites excluding steroid dienone is 2. The number of ether oxygens (including phenoxy) is 1. The topological polar surface area (TPSA) is 70.7 Å². The van der Waals surface area contributed by atoms with E-state index in [-0.39, 0.29) is 17.9 Å². The summed E-state index contributed by atoms with van der Waals surface area (Å²) in [7, 11) is 0. The van der Waals surface area contributed by atoms with Crippen molar-refractivity contribution < 1.29 is 14.3 Å². The zero-order chi connectivity index (χ0) is 33.3. The number of unbranched alkanes of at least 4 members (excludes halogenated alkanes) is 14. The molecule has 0 aromatic carbocycles. The van der Waals surface area contributed by atoms with E-state index in [0.717, 1.165) is 32.5 Å². The van der Waals surface area contributed by atoms with Gasteiger partial charge in [-0.3, -0.25) is 9.59 Å². The van der Waals surface area contributed by atoms with Gasteiger partial charge in [0, 0.05) is 26.1 Å². The molecule has 0 radical (unpaired) electrons. The number of carbonyl (C=O) groups is 2. The van der Waals surface area contributed by atoms with Crippen molar-refractivity contribution in [3.05, 3.63) is 12.2 Å². The van der Waals surface area contributed by atoms with Crippen LogP contribution in [0.15, 0.2) is 12.2 Å². The molecule has 1 aliphatic heterocycles. The number of nitrogens with zero attached hydrogens (tertiary/aromatic N) is 1. The Labute approximate surface area is 286 Å². The molecular formula is C40H77N3O3. The van der Waals surface area contributed by atoms with Gasteiger partial charge in [0.1, 0.15) is 0 Å². The lowest BCUT2D eigenvalue weighted by atomic mass is 9.98. The molecule has 46 heavy (non-hydrogen) atoms. The highest BCUT2D eigenvalue weighted by molar-refractivity contribution is 5.81. The van der Waals surface area contributed by atoms with E-state index in [4.69, 9.17) is 4.74 Å². The number of nitrogens with one attached hydrogen (secondary N) is 2. The Morgan fingerprint density at radius 1 is 0.696 bits per heavy atom. The Hall–Kier alpha value is -1.40. The van der Waals surface area contributed by atoms with Gasteiger partial charge in [0.05, 0.1) is 12.6 Å². The van der Waals surface area contributed by atoms with E-state index < -0.39 is 0 Å². The molecule has 0 saturated carbocycles. The fraction of sp³-hybridized carbons (Fsp3) is 0.900. The largest absolute Gasteiger partial charge is 0.466 e. The number of piperidine rings is 1. The van der Waals surface area contributed by atoms with E-state index in [1.165, 1.54) is 142 Å². The summed E-state index contributed by atoms with van der Waals surface area (Å²) in [5.41, 5.74) is 0. The summed E-state index contributed by atoms with van der Waals surface area (Å²) >= 11 is 0. The van der Waals surface area contributed by atoms with Gasteiger partial charge in [-0.05, 0) is 83.2 Å². The number of hydrogen-bond donors (Lipinski definition) is 2. The first kappa shape index (κ1) is 42.6. The number of esters is 1. The van der Waals surface area contributed by atoms with Crippen molar-refractivity contribution in [2.75, 3.05) is 39.3 Å². The van der Waals surface area contributed by atoms with Crippen LogP contribution in [0.4, 0.5) is 0 Å². The lowest BCUT2D eigenvalue weighted by molar-refractivity contribution is -0.144. The maximum absolute atomic E-state index is 13.1. The van der Waals surface area contributed by atoms with Crippen molar-refractivity contribution in [1.82, 2.24) is 15.5 Å². The van der Waals surface area contributed by atoms with E-state index in [0.29, 0.717) is 31.8 Å². The maximum atomic E-state index is 13.1. The molecule has 0 aromatic rings. The van der Waals surface area contributed by atoms with Crippen LogP contribution in [-0.2, 0) is 14.3 Å². The van der Waals surface area contributed by atoms with Gasteiger partial charge >= 0.3 is 5.97 Å². The van der Waals surface area contributed by atoms with Gasteiger partial charge in [-0.1, -0.05) is 123 Å². The summed E-state index contributed by atoms with van der Waals surface area (Å²) in [4.78, 5) is 27.9. The van der Waals surface area contributed by atoms with Crippen LogP contribution in [0.25, 0.3) is 0 Å². The third-order valence-corrected chi connectivity index (χ3v) is 9.61. The van der Waals surface area contributed by atoms with Gasteiger partial charge in [-0.25, -0.2) is 0 Å². The predicted molar refractivity (Wildman–Crippen MR) is 197 cm³/mol. The normalized spacial score (nSPS) is 15.3. The van der Waals surface area contributed by atoms with Crippen LogP contribution >= 0.6 is 0 Å². The summed E-state index contributed by atoms with van der Waals surface area (Å²) in [5, 5.41) is 6.72. The lowest BCUT2D eigenvalue weighted by Gasteiger charge is -2.27. The minimum absolute atomic E-state index is 0.0959. The second-order valence-electron chi connectivity index (χ2n) is 14.1. The Morgan fingerprint density at radius 3 is 1.98 bits per heavy atom. The van der Waals surface area contributed by atoms with Crippen molar-refractivity contribution in [1.29, 1.82) is 0 Å². The highest BCUT2D eigenvalue weighted by Crippen LogP contribution is 2.15. The average molecular weight is 648 g/mol. The van der Waals surface area contributed by atoms with Gasteiger partial charge in [0.25, 0.3) is 0 Å². The number of carbonyl (C=O) groups excluding carboxylic acids is 2. The van der Waals surface area contributed by atoms with Crippen LogP contribution in [0.3, 0.4) is 0 Å². The number of likely N-dealkylation sites (tertiary alicyclic amines) is 1. The monoisotopic (exact) mass is 648 g/mol. The SMILES string of the molecule is CCCCCCCC/C=C\CCCCCCCCNC(=O)C(CCCOC(=O)CCC(C)CCCCC)NCCN1CCCCC1. The van der Waals surface area contributed by atoms with Crippen LogP contribution in [-0.4, -0.2) is 62.1 Å². The Morgan fingerprint density at radius 2 is 1.30 bits per heavy atom. The third-order valence-electron chi connectivity index (χ3n) is 9.61. The molecule has 1 saturated heterocycles. The Kier molecular flexibility index (Phi) is 29.8. The molecule has 1 fully saturated rings. The van der Waals surface area contributed by atoms with E-state index >= 15 is 0 Å². The second kappa shape index (κ2) is 32.2. The maximum Gasteiger partial charge on any atom is 0.305 e. The second-order valence-corrected chi connectivity index (χ2v) is 14.1. The molecule has 270 valence electrons. The minimum Gasteiger partial charge on any atom is -0.466 e. The van der Waals surface area contributed by atoms with Crippen molar-refractivity contribution in [3.8, 4) is 0 Å². The van der Waals surface area contributed by atoms with E-state index in [9.17, 15) is 9.59 Å².